The summed E-state index contributed by atoms with van der Waals surface area (Å²) in [4.78, 5) is 12.1. The van der Waals surface area contributed by atoms with Crippen LogP contribution in [0.3, 0.4) is 0 Å². The molecule has 0 spiro atoms. The van der Waals surface area contributed by atoms with E-state index in [1.807, 2.05) is 31.2 Å². The van der Waals surface area contributed by atoms with Gasteiger partial charge in [0.1, 0.15) is 5.01 Å². The van der Waals surface area contributed by atoms with Crippen molar-refractivity contribution in [2.75, 3.05) is 5.32 Å². The summed E-state index contributed by atoms with van der Waals surface area (Å²) < 4.78 is 0. The van der Waals surface area contributed by atoms with E-state index in [-0.39, 0.29) is 5.91 Å². The lowest BCUT2D eigenvalue weighted by Gasteiger charge is -2.21. The van der Waals surface area contributed by atoms with Crippen LogP contribution in [0.5, 0.6) is 0 Å². The second kappa shape index (κ2) is 7.17. The molecular weight excluding hydrogens is 320 g/mol. The predicted molar refractivity (Wildman–Crippen MR) is 90.3 cm³/mol. The Bertz CT molecular complexity index is 656. The van der Waals surface area contributed by atoms with Crippen molar-refractivity contribution < 1.29 is 4.79 Å². The van der Waals surface area contributed by atoms with Crippen LogP contribution in [0, 0.1) is 0 Å². The third-order valence-electron chi connectivity index (χ3n) is 3.22. The number of nitrogens with zero attached hydrogens (tertiary/aromatic N) is 2. The Morgan fingerprint density at radius 2 is 2.23 bits per heavy atom. The van der Waals surface area contributed by atoms with E-state index < -0.39 is 5.54 Å². The maximum absolute atomic E-state index is 12.1. The number of amides is 1. The molecule has 0 fully saturated rings. The van der Waals surface area contributed by atoms with Gasteiger partial charge in [-0.25, -0.2) is 0 Å². The Morgan fingerprint density at radius 1 is 1.45 bits per heavy atom. The molecule has 2 rings (SSSR count). The summed E-state index contributed by atoms with van der Waals surface area (Å²) in [5.41, 5.74) is 6.15. The number of hydrogen-bond donors (Lipinski definition) is 2. The van der Waals surface area contributed by atoms with Crippen LogP contribution in [0.25, 0.3) is 0 Å². The van der Waals surface area contributed by atoms with Gasteiger partial charge in [-0.05, 0) is 31.0 Å². The average molecular weight is 339 g/mol. The van der Waals surface area contributed by atoms with Crippen molar-refractivity contribution in [3.63, 3.8) is 0 Å². The van der Waals surface area contributed by atoms with Gasteiger partial charge in [-0.15, -0.1) is 10.2 Å². The standard InChI is InChI=1S/C15H19ClN4OS/c1-3-7-15(2,17)13(21)18-14-20-19-12(22-14)9-10-5-4-6-11(16)8-10/h4-6,8H,3,7,9,17H2,1-2H3,(H,18,20,21). The topological polar surface area (TPSA) is 80.9 Å². The molecule has 118 valence electrons. The van der Waals surface area contributed by atoms with E-state index in [0.29, 0.717) is 23.0 Å². The summed E-state index contributed by atoms with van der Waals surface area (Å²) in [6, 6.07) is 7.59. The average Bonchev–Trinajstić information content (AvgIpc) is 2.86. The quantitative estimate of drug-likeness (QED) is 0.847. The number of hydrogen-bond acceptors (Lipinski definition) is 5. The lowest BCUT2D eigenvalue weighted by molar-refractivity contribution is -0.120. The molecule has 22 heavy (non-hydrogen) atoms. The van der Waals surface area contributed by atoms with Crippen molar-refractivity contribution in [1.82, 2.24) is 10.2 Å². The first-order chi connectivity index (χ1) is 10.4. The van der Waals surface area contributed by atoms with Gasteiger partial charge in [-0.3, -0.25) is 10.1 Å². The summed E-state index contributed by atoms with van der Waals surface area (Å²) in [5, 5.41) is 12.8. The van der Waals surface area contributed by atoms with Gasteiger partial charge in [-0.2, -0.15) is 0 Å². The van der Waals surface area contributed by atoms with Crippen LogP contribution < -0.4 is 11.1 Å². The fourth-order valence-electron chi connectivity index (χ4n) is 2.07. The summed E-state index contributed by atoms with van der Waals surface area (Å²) in [6.07, 6.45) is 2.09. The maximum atomic E-state index is 12.1. The molecule has 0 saturated heterocycles. The number of nitrogens with one attached hydrogen (secondary N) is 1. The van der Waals surface area contributed by atoms with Crippen LogP contribution in [-0.4, -0.2) is 21.6 Å². The van der Waals surface area contributed by atoms with E-state index >= 15 is 0 Å². The maximum Gasteiger partial charge on any atom is 0.245 e. The number of aromatic nitrogens is 2. The normalized spacial score (nSPS) is 13.6. The molecule has 2 aromatic rings. The Balaban J connectivity index is 2.01. The van der Waals surface area contributed by atoms with Gasteiger partial charge in [0.25, 0.3) is 0 Å². The fraction of sp³-hybridized carbons (Fsp3) is 0.400. The van der Waals surface area contributed by atoms with E-state index in [1.54, 1.807) is 6.92 Å². The SMILES string of the molecule is CCCC(C)(N)C(=O)Nc1nnc(Cc2cccc(Cl)c2)s1. The summed E-state index contributed by atoms with van der Waals surface area (Å²) in [7, 11) is 0. The molecule has 1 aromatic carbocycles. The molecule has 1 heterocycles. The van der Waals surface area contributed by atoms with Crippen molar-refractivity contribution in [3.8, 4) is 0 Å². The third kappa shape index (κ3) is 4.50. The molecule has 0 saturated carbocycles. The molecule has 1 unspecified atom stereocenters. The van der Waals surface area contributed by atoms with Crippen molar-refractivity contribution in [2.45, 2.75) is 38.6 Å². The number of nitrogens with two attached hydrogens (primary N) is 1. The highest BCUT2D eigenvalue weighted by Gasteiger charge is 2.28. The molecule has 0 aliphatic heterocycles. The zero-order chi connectivity index (χ0) is 16.2. The molecule has 7 heteroatoms. The zero-order valence-corrected chi connectivity index (χ0v) is 14.2. The Labute approximate surface area is 138 Å². The van der Waals surface area contributed by atoms with Crippen LogP contribution in [0.2, 0.25) is 5.02 Å². The predicted octanol–water partition coefficient (Wildman–Crippen LogP) is 3.24. The number of halogens is 1. The van der Waals surface area contributed by atoms with E-state index in [4.69, 9.17) is 17.3 Å². The lowest BCUT2D eigenvalue weighted by atomic mass is 9.97. The number of carbonyl (C=O) groups is 1. The fourth-order valence-corrected chi connectivity index (χ4v) is 3.05. The highest BCUT2D eigenvalue weighted by atomic mass is 35.5. The minimum Gasteiger partial charge on any atom is -0.318 e. The van der Waals surface area contributed by atoms with Gasteiger partial charge in [0.05, 0.1) is 5.54 Å². The van der Waals surface area contributed by atoms with Gasteiger partial charge in [0.2, 0.25) is 11.0 Å². The Morgan fingerprint density at radius 3 is 2.91 bits per heavy atom. The molecule has 0 aliphatic carbocycles. The van der Waals surface area contributed by atoms with Crippen LogP contribution in [-0.2, 0) is 11.2 Å². The summed E-state index contributed by atoms with van der Waals surface area (Å²) in [5.74, 6) is -0.236. The molecular formula is C15H19ClN4OS. The van der Waals surface area contributed by atoms with Gasteiger partial charge in [0, 0.05) is 11.4 Å². The number of anilines is 1. The molecule has 0 bridgehead atoms. The van der Waals surface area contributed by atoms with Gasteiger partial charge >= 0.3 is 0 Å². The van der Waals surface area contributed by atoms with Gasteiger partial charge in [-0.1, -0.05) is 48.4 Å². The smallest absolute Gasteiger partial charge is 0.245 e. The highest BCUT2D eigenvalue weighted by molar-refractivity contribution is 7.15. The first-order valence-electron chi connectivity index (χ1n) is 7.08. The van der Waals surface area contributed by atoms with Crippen LogP contribution in [0.4, 0.5) is 5.13 Å². The summed E-state index contributed by atoms with van der Waals surface area (Å²) in [6.45, 7) is 3.71. The molecule has 0 aliphatic rings. The van der Waals surface area contributed by atoms with Crippen LogP contribution >= 0.6 is 22.9 Å². The van der Waals surface area contributed by atoms with E-state index in [9.17, 15) is 4.79 Å². The zero-order valence-electron chi connectivity index (χ0n) is 12.6. The van der Waals surface area contributed by atoms with Gasteiger partial charge in [0.15, 0.2) is 0 Å². The van der Waals surface area contributed by atoms with Crippen molar-refractivity contribution in [1.29, 1.82) is 0 Å². The highest BCUT2D eigenvalue weighted by Crippen LogP contribution is 2.21. The number of rotatable bonds is 6. The first-order valence-corrected chi connectivity index (χ1v) is 8.27. The Hall–Kier alpha value is -1.50. The molecule has 5 nitrogen and oxygen atoms in total. The minimum absolute atomic E-state index is 0.236. The number of benzene rings is 1. The second-order valence-corrected chi connectivity index (χ2v) is 6.93. The molecule has 1 aromatic heterocycles. The van der Waals surface area contributed by atoms with E-state index in [2.05, 4.69) is 15.5 Å². The first kappa shape index (κ1) is 16.9. The van der Waals surface area contributed by atoms with Crippen LogP contribution in [0.1, 0.15) is 37.3 Å². The molecule has 3 N–H and O–H groups in total. The van der Waals surface area contributed by atoms with Crippen molar-refractivity contribution >= 4 is 34.0 Å². The van der Waals surface area contributed by atoms with E-state index in [1.165, 1.54) is 11.3 Å². The van der Waals surface area contributed by atoms with Crippen molar-refractivity contribution in [2.24, 2.45) is 5.73 Å². The third-order valence-corrected chi connectivity index (χ3v) is 4.29. The van der Waals surface area contributed by atoms with Crippen LogP contribution in [0.15, 0.2) is 24.3 Å². The monoisotopic (exact) mass is 338 g/mol. The minimum atomic E-state index is -0.895. The Kier molecular flexibility index (Phi) is 5.50. The second-order valence-electron chi connectivity index (χ2n) is 5.43. The summed E-state index contributed by atoms with van der Waals surface area (Å²) >= 11 is 7.30. The van der Waals surface area contributed by atoms with Gasteiger partial charge < -0.3 is 5.73 Å². The molecule has 1 atom stereocenters. The van der Waals surface area contributed by atoms with Crippen molar-refractivity contribution in [3.05, 3.63) is 39.9 Å². The molecule has 0 radical (unpaired) electrons. The largest absolute Gasteiger partial charge is 0.318 e. The lowest BCUT2D eigenvalue weighted by Crippen LogP contribution is -2.48. The number of carbonyl (C=O) groups excluding carboxylic acids is 1. The van der Waals surface area contributed by atoms with E-state index in [0.717, 1.165) is 17.0 Å². The molecule has 1 amide bonds.